The van der Waals surface area contributed by atoms with Gasteiger partial charge in [-0.05, 0) is 42.3 Å². The predicted octanol–water partition coefficient (Wildman–Crippen LogP) is 4.10. The van der Waals surface area contributed by atoms with E-state index in [0.29, 0.717) is 28.9 Å². The van der Waals surface area contributed by atoms with Gasteiger partial charge in [0.25, 0.3) is 5.91 Å². The molecular formula is C27H33N3O6S. The summed E-state index contributed by atoms with van der Waals surface area (Å²) in [5, 5.41) is 0.657. The topological polar surface area (TPSA) is 82.6 Å². The number of nitrogens with zero attached hydrogens (tertiary/aromatic N) is 3. The van der Waals surface area contributed by atoms with Crippen molar-refractivity contribution in [3.63, 3.8) is 0 Å². The van der Waals surface area contributed by atoms with Crippen molar-refractivity contribution in [3.05, 3.63) is 42.0 Å². The van der Waals surface area contributed by atoms with E-state index in [0.717, 1.165) is 60.8 Å². The predicted molar refractivity (Wildman–Crippen MR) is 146 cm³/mol. The molecule has 0 saturated carbocycles. The largest absolute Gasteiger partial charge is 0.497 e. The highest BCUT2D eigenvalue weighted by molar-refractivity contribution is 7.22. The molecular weight excluding hydrogens is 494 g/mol. The molecule has 1 amide bonds. The van der Waals surface area contributed by atoms with Crippen molar-refractivity contribution in [1.82, 2.24) is 9.88 Å². The molecule has 0 bridgehead atoms. The first-order valence-electron chi connectivity index (χ1n) is 12.1. The summed E-state index contributed by atoms with van der Waals surface area (Å²) in [5.74, 6) is 2.13. The third-order valence-corrected chi connectivity index (χ3v) is 7.20. The van der Waals surface area contributed by atoms with Gasteiger partial charge in [-0.1, -0.05) is 11.3 Å². The van der Waals surface area contributed by atoms with Crippen LogP contribution in [-0.2, 0) is 9.53 Å². The van der Waals surface area contributed by atoms with Gasteiger partial charge in [-0.2, -0.15) is 0 Å². The number of carbonyl (C=O) groups is 1. The highest BCUT2D eigenvalue weighted by atomic mass is 32.1. The van der Waals surface area contributed by atoms with Crippen LogP contribution in [-0.4, -0.2) is 83.6 Å². The van der Waals surface area contributed by atoms with E-state index < -0.39 is 0 Å². The van der Waals surface area contributed by atoms with Crippen molar-refractivity contribution in [2.75, 3.05) is 72.7 Å². The van der Waals surface area contributed by atoms with E-state index in [4.69, 9.17) is 28.7 Å². The van der Waals surface area contributed by atoms with E-state index in [1.54, 1.807) is 57.6 Å². The molecule has 0 spiro atoms. The van der Waals surface area contributed by atoms with Crippen LogP contribution in [0.25, 0.3) is 16.3 Å². The monoisotopic (exact) mass is 527 g/mol. The number of morpholine rings is 1. The molecule has 0 atom stereocenters. The molecule has 1 aliphatic heterocycles. The molecule has 1 aromatic heterocycles. The standard InChI is InChI=1S/C27H33N3O6S/c1-32-20-7-8-24-21(18-20)28-27(37-24)30(11-5-10-29-12-14-36-15-13-29)25(31)9-6-19-16-22(33-2)26(35-4)23(17-19)34-3/h6-9,16-18H,5,10-15H2,1-4H3/b9-6+. The Hall–Kier alpha value is -3.34. The molecule has 2 aromatic carbocycles. The molecule has 9 nitrogen and oxygen atoms in total. The lowest BCUT2D eigenvalue weighted by Crippen LogP contribution is -2.39. The van der Waals surface area contributed by atoms with Gasteiger partial charge >= 0.3 is 0 Å². The Morgan fingerprint density at radius 2 is 1.78 bits per heavy atom. The van der Waals surface area contributed by atoms with Crippen LogP contribution in [0.15, 0.2) is 36.4 Å². The second-order valence-electron chi connectivity index (χ2n) is 8.42. The van der Waals surface area contributed by atoms with E-state index in [1.165, 1.54) is 11.3 Å². The summed E-state index contributed by atoms with van der Waals surface area (Å²) in [6.45, 7) is 4.76. The van der Waals surface area contributed by atoms with E-state index >= 15 is 0 Å². The van der Waals surface area contributed by atoms with Gasteiger partial charge in [0, 0.05) is 38.3 Å². The van der Waals surface area contributed by atoms with Crippen molar-refractivity contribution >= 4 is 38.7 Å². The third kappa shape index (κ3) is 6.51. The van der Waals surface area contributed by atoms with Crippen LogP contribution in [0.2, 0.25) is 0 Å². The van der Waals surface area contributed by atoms with Crippen molar-refractivity contribution in [2.45, 2.75) is 6.42 Å². The molecule has 0 N–H and O–H groups in total. The first-order chi connectivity index (χ1) is 18.1. The van der Waals surface area contributed by atoms with E-state index in [2.05, 4.69) is 4.90 Å². The maximum Gasteiger partial charge on any atom is 0.252 e. The van der Waals surface area contributed by atoms with Gasteiger partial charge in [0.2, 0.25) is 5.75 Å². The van der Waals surface area contributed by atoms with Gasteiger partial charge < -0.3 is 23.7 Å². The summed E-state index contributed by atoms with van der Waals surface area (Å²) in [4.78, 5) is 22.4. The van der Waals surface area contributed by atoms with Crippen LogP contribution < -0.4 is 23.8 Å². The Balaban J connectivity index is 1.57. The number of hydrogen-bond acceptors (Lipinski definition) is 9. The zero-order chi connectivity index (χ0) is 26.2. The molecule has 3 aromatic rings. The highest BCUT2D eigenvalue weighted by Gasteiger charge is 2.20. The average molecular weight is 528 g/mol. The molecule has 4 rings (SSSR count). The minimum atomic E-state index is -0.151. The Labute approximate surface area is 221 Å². The van der Waals surface area contributed by atoms with Gasteiger partial charge in [0.05, 0.1) is 51.9 Å². The number of anilines is 1. The number of thiazole rings is 1. The Bertz CT molecular complexity index is 1210. The molecule has 0 aliphatic carbocycles. The smallest absolute Gasteiger partial charge is 0.252 e. The SMILES string of the molecule is COc1ccc2sc(N(CCCN3CCOCC3)C(=O)/C=C/c3cc(OC)c(OC)c(OC)c3)nc2c1. The normalized spacial score (nSPS) is 14.2. The number of aromatic nitrogens is 1. The molecule has 0 radical (unpaired) electrons. The third-order valence-electron chi connectivity index (χ3n) is 6.15. The van der Waals surface area contributed by atoms with E-state index in [-0.39, 0.29) is 5.91 Å². The van der Waals surface area contributed by atoms with Gasteiger partial charge in [-0.25, -0.2) is 4.98 Å². The quantitative estimate of drug-likeness (QED) is 0.345. The van der Waals surface area contributed by atoms with Gasteiger partial charge in [0.1, 0.15) is 5.75 Å². The van der Waals surface area contributed by atoms with Crippen molar-refractivity contribution in [1.29, 1.82) is 0 Å². The summed E-state index contributed by atoms with van der Waals surface area (Å²) >= 11 is 1.49. The highest BCUT2D eigenvalue weighted by Crippen LogP contribution is 2.38. The molecule has 1 aliphatic rings. The van der Waals surface area contributed by atoms with Gasteiger partial charge in [-0.3, -0.25) is 14.6 Å². The first-order valence-corrected chi connectivity index (χ1v) is 12.9. The van der Waals surface area contributed by atoms with Crippen molar-refractivity contribution in [3.8, 4) is 23.0 Å². The van der Waals surface area contributed by atoms with Crippen LogP contribution in [0.1, 0.15) is 12.0 Å². The summed E-state index contributed by atoms with van der Waals surface area (Å²) in [5.41, 5.74) is 1.56. The summed E-state index contributed by atoms with van der Waals surface area (Å²) in [7, 11) is 6.31. The second kappa shape index (κ2) is 12.8. The first kappa shape index (κ1) is 26.7. The molecule has 37 heavy (non-hydrogen) atoms. The lowest BCUT2D eigenvalue weighted by atomic mass is 10.1. The van der Waals surface area contributed by atoms with Crippen LogP contribution >= 0.6 is 11.3 Å². The van der Waals surface area contributed by atoms with E-state index in [9.17, 15) is 4.79 Å². The second-order valence-corrected chi connectivity index (χ2v) is 9.43. The minimum Gasteiger partial charge on any atom is -0.497 e. The fourth-order valence-corrected chi connectivity index (χ4v) is 5.15. The molecule has 10 heteroatoms. The van der Waals surface area contributed by atoms with Crippen molar-refractivity contribution in [2.24, 2.45) is 0 Å². The zero-order valence-electron chi connectivity index (χ0n) is 21.7. The molecule has 2 heterocycles. The lowest BCUT2D eigenvalue weighted by molar-refractivity contribution is -0.114. The Kier molecular flexibility index (Phi) is 9.21. The van der Waals surface area contributed by atoms with Crippen LogP contribution in [0.3, 0.4) is 0 Å². The summed E-state index contributed by atoms with van der Waals surface area (Å²) in [6, 6.07) is 9.36. The molecule has 0 unspecified atom stereocenters. The number of ether oxygens (including phenoxy) is 5. The lowest BCUT2D eigenvalue weighted by Gasteiger charge is -2.27. The van der Waals surface area contributed by atoms with Crippen LogP contribution in [0.5, 0.6) is 23.0 Å². The van der Waals surface area contributed by atoms with Gasteiger partial charge in [0.15, 0.2) is 16.6 Å². The number of amides is 1. The molecule has 1 fully saturated rings. The van der Waals surface area contributed by atoms with Crippen LogP contribution in [0.4, 0.5) is 5.13 Å². The number of methoxy groups -OCH3 is 4. The maximum atomic E-state index is 13.5. The fraction of sp³-hybridized carbons (Fsp3) is 0.407. The number of benzene rings is 2. The van der Waals surface area contributed by atoms with Crippen LogP contribution in [0, 0.1) is 0 Å². The fourth-order valence-electron chi connectivity index (χ4n) is 4.17. The summed E-state index contributed by atoms with van der Waals surface area (Å²) < 4.78 is 28.1. The minimum absolute atomic E-state index is 0.151. The average Bonchev–Trinajstić information content (AvgIpc) is 3.36. The zero-order valence-corrected chi connectivity index (χ0v) is 22.5. The molecule has 1 saturated heterocycles. The number of carbonyl (C=O) groups excluding carboxylic acids is 1. The van der Waals surface area contributed by atoms with E-state index in [1.807, 2.05) is 18.2 Å². The number of fused-ring (bicyclic) bond motifs is 1. The van der Waals surface area contributed by atoms with Crippen molar-refractivity contribution < 1.29 is 28.5 Å². The number of hydrogen-bond donors (Lipinski definition) is 0. The number of rotatable bonds is 11. The maximum absolute atomic E-state index is 13.5. The summed E-state index contributed by atoms with van der Waals surface area (Å²) in [6.07, 6.45) is 4.13. The molecule has 198 valence electrons. The Morgan fingerprint density at radius 1 is 1.05 bits per heavy atom. The van der Waals surface area contributed by atoms with Gasteiger partial charge in [-0.15, -0.1) is 0 Å². The Morgan fingerprint density at radius 3 is 2.43 bits per heavy atom.